The summed E-state index contributed by atoms with van der Waals surface area (Å²) < 4.78 is 18.0. The van der Waals surface area contributed by atoms with Crippen LogP contribution in [-0.4, -0.2) is 46.1 Å². The minimum Gasteiger partial charge on any atom is -0.497 e. The highest BCUT2D eigenvalue weighted by Gasteiger charge is 2.33. The number of benzene rings is 5. The fourth-order valence-corrected chi connectivity index (χ4v) is 6.43. The van der Waals surface area contributed by atoms with Crippen LogP contribution in [0.25, 0.3) is 44.8 Å². The number of nitrogens with zero attached hydrogens (tertiary/aromatic N) is 4. The number of ether oxygens (including phenoxy) is 2. The van der Waals surface area contributed by atoms with Crippen molar-refractivity contribution in [1.29, 1.82) is 0 Å². The molecule has 260 valence electrons. The van der Waals surface area contributed by atoms with Crippen LogP contribution in [-0.2, 0) is 14.3 Å². The number of para-hydroxylation sites is 2. The topological polar surface area (TPSA) is 116 Å². The molecule has 5 aromatic carbocycles. The molecular formula is C43H32N4O6. The highest BCUT2D eigenvalue weighted by molar-refractivity contribution is 6.05. The minimum absolute atomic E-state index is 0.236. The van der Waals surface area contributed by atoms with Crippen LogP contribution in [0.5, 0.6) is 5.75 Å². The third-order valence-electron chi connectivity index (χ3n) is 9.15. The largest absolute Gasteiger partial charge is 0.497 e. The molecule has 0 aliphatic carbocycles. The Bertz CT molecular complexity index is 2610. The molecule has 0 fully saturated rings. The van der Waals surface area contributed by atoms with Crippen LogP contribution in [0.2, 0.25) is 0 Å². The fraction of sp³-hybridized carbons (Fsp3) is 0.0930. The Labute approximate surface area is 303 Å². The predicted molar refractivity (Wildman–Crippen MR) is 203 cm³/mol. The van der Waals surface area contributed by atoms with Gasteiger partial charge in [0.25, 0.3) is 5.91 Å². The molecule has 1 atom stereocenters. The molecule has 10 heteroatoms. The highest BCUT2D eigenvalue weighted by Crippen LogP contribution is 2.34. The molecule has 2 aromatic heterocycles. The van der Waals surface area contributed by atoms with Gasteiger partial charge < -0.3 is 13.9 Å². The molecule has 0 bridgehead atoms. The summed E-state index contributed by atoms with van der Waals surface area (Å²) in [5.74, 6) is -0.532. The minimum atomic E-state index is -0.749. The predicted octanol–water partition coefficient (Wildman–Crippen LogP) is 7.74. The van der Waals surface area contributed by atoms with E-state index in [0.717, 1.165) is 38.7 Å². The number of carbonyl (C=O) groups is 2. The molecule has 8 rings (SSSR count). The fourth-order valence-electron chi connectivity index (χ4n) is 6.43. The molecule has 0 saturated carbocycles. The van der Waals surface area contributed by atoms with Gasteiger partial charge in [-0.1, -0.05) is 84.9 Å². The molecule has 0 radical (unpaired) electrons. The number of rotatable bonds is 9. The van der Waals surface area contributed by atoms with E-state index >= 15 is 0 Å². The summed E-state index contributed by atoms with van der Waals surface area (Å²) in [4.78, 5) is 39.9. The first-order valence-corrected chi connectivity index (χ1v) is 17.0. The first-order chi connectivity index (χ1) is 25.9. The average Bonchev–Trinajstić information content (AvgIpc) is 3.85. The van der Waals surface area contributed by atoms with E-state index in [-0.39, 0.29) is 5.56 Å². The lowest BCUT2D eigenvalue weighted by Gasteiger charge is -2.22. The Morgan fingerprint density at radius 1 is 0.849 bits per heavy atom. The molecule has 1 amide bonds. The van der Waals surface area contributed by atoms with E-state index in [0.29, 0.717) is 29.0 Å². The maximum atomic E-state index is 13.7. The van der Waals surface area contributed by atoms with Crippen molar-refractivity contribution in [3.8, 4) is 22.7 Å². The lowest BCUT2D eigenvalue weighted by atomic mass is 9.97. The van der Waals surface area contributed by atoms with Crippen LogP contribution < -0.4 is 10.4 Å². The van der Waals surface area contributed by atoms with Crippen LogP contribution in [0.4, 0.5) is 0 Å². The van der Waals surface area contributed by atoms with Gasteiger partial charge in [-0.05, 0) is 70.4 Å². The van der Waals surface area contributed by atoms with Gasteiger partial charge in [-0.25, -0.2) is 19.3 Å². The van der Waals surface area contributed by atoms with Gasteiger partial charge in [0.15, 0.2) is 6.61 Å². The van der Waals surface area contributed by atoms with Gasteiger partial charge in [0, 0.05) is 29.6 Å². The molecular weight excluding hydrogens is 668 g/mol. The van der Waals surface area contributed by atoms with E-state index in [1.54, 1.807) is 36.2 Å². The molecule has 1 aliphatic rings. The van der Waals surface area contributed by atoms with E-state index in [1.807, 2.05) is 103 Å². The highest BCUT2D eigenvalue weighted by atomic mass is 16.5. The molecule has 0 spiro atoms. The molecule has 0 N–H and O–H groups in total. The van der Waals surface area contributed by atoms with Crippen LogP contribution in [0.15, 0.2) is 154 Å². The monoisotopic (exact) mass is 700 g/mol. The van der Waals surface area contributed by atoms with Crippen LogP contribution >= 0.6 is 0 Å². The van der Waals surface area contributed by atoms with Crippen LogP contribution in [0.1, 0.15) is 29.2 Å². The second-order valence-electron chi connectivity index (χ2n) is 12.5. The number of amides is 1. The van der Waals surface area contributed by atoms with E-state index < -0.39 is 30.2 Å². The second-order valence-corrected chi connectivity index (χ2v) is 12.5. The maximum Gasteiger partial charge on any atom is 0.345 e. The molecule has 1 aliphatic heterocycles. The van der Waals surface area contributed by atoms with E-state index in [4.69, 9.17) is 19.0 Å². The summed E-state index contributed by atoms with van der Waals surface area (Å²) in [7, 11) is 1.60. The first-order valence-electron chi connectivity index (χ1n) is 17.0. The van der Waals surface area contributed by atoms with Crippen molar-refractivity contribution in [2.45, 2.75) is 12.5 Å². The Kier molecular flexibility index (Phi) is 8.92. The smallest absolute Gasteiger partial charge is 0.345 e. The van der Waals surface area contributed by atoms with Gasteiger partial charge in [0.1, 0.15) is 17.0 Å². The van der Waals surface area contributed by atoms with Crippen molar-refractivity contribution in [1.82, 2.24) is 14.8 Å². The van der Waals surface area contributed by atoms with Crippen molar-refractivity contribution in [3.63, 3.8) is 0 Å². The number of fused-ring (bicyclic) bond motifs is 2. The van der Waals surface area contributed by atoms with E-state index in [9.17, 15) is 14.4 Å². The molecule has 10 nitrogen and oxygen atoms in total. The number of esters is 1. The zero-order valence-corrected chi connectivity index (χ0v) is 28.6. The quantitative estimate of drug-likeness (QED) is 0.0859. The summed E-state index contributed by atoms with van der Waals surface area (Å²) in [6.07, 6.45) is 4.90. The Morgan fingerprint density at radius 3 is 2.38 bits per heavy atom. The third kappa shape index (κ3) is 6.85. The molecule has 1 unspecified atom stereocenters. The summed E-state index contributed by atoms with van der Waals surface area (Å²) in [5.41, 5.74) is 4.20. The van der Waals surface area contributed by atoms with Gasteiger partial charge in [0.2, 0.25) is 0 Å². The second kappa shape index (κ2) is 14.3. The normalized spacial score (nSPS) is 14.2. The van der Waals surface area contributed by atoms with Crippen LogP contribution in [0.3, 0.4) is 0 Å². The number of hydrazone groups is 1. The van der Waals surface area contributed by atoms with Crippen molar-refractivity contribution in [2.24, 2.45) is 5.10 Å². The van der Waals surface area contributed by atoms with Gasteiger partial charge in [-0.15, -0.1) is 0 Å². The zero-order valence-electron chi connectivity index (χ0n) is 28.6. The number of hydrogen-bond donors (Lipinski definition) is 0. The number of carbonyl (C=O) groups excluding carboxylic acids is 2. The lowest BCUT2D eigenvalue weighted by molar-refractivity contribution is -0.149. The molecule has 0 saturated heterocycles. The third-order valence-corrected chi connectivity index (χ3v) is 9.15. The Balaban J connectivity index is 1.04. The van der Waals surface area contributed by atoms with Gasteiger partial charge >= 0.3 is 11.6 Å². The first kappa shape index (κ1) is 33.1. The lowest BCUT2D eigenvalue weighted by Crippen LogP contribution is -2.31. The summed E-state index contributed by atoms with van der Waals surface area (Å²) in [5, 5.41) is 13.7. The molecule has 3 heterocycles. The van der Waals surface area contributed by atoms with Crippen molar-refractivity contribution >= 4 is 45.4 Å². The average molecular weight is 701 g/mol. The zero-order chi connectivity index (χ0) is 36.3. The number of hydrogen-bond acceptors (Lipinski definition) is 8. The van der Waals surface area contributed by atoms with Gasteiger partial charge in [-0.3, -0.25) is 4.79 Å². The van der Waals surface area contributed by atoms with Crippen LogP contribution in [0, 0.1) is 0 Å². The van der Waals surface area contributed by atoms with Gasteiger partial charge in [-0.2, -0.15) is 10.2 Å². The van der Waals surface area contributed by atoms with Gasteiger partial charge in [0.05, 0.1) is 30.1 Å². The van der Waals surface area contributed by atoms with E-state index in [2.05, 4.69) is 11.2 Å². The van der Waals surface area contributed by atoms with Crippen molar-refractivity contribution in [2.75, 3.05) is 13.7 Å². The maximum absolute atomic E-state index is 13.7. The van der Waals surface area contributed by atoms with Crippen molar-refractivity contribution in [3.05, 3.63) is 167 Å². The SMILES string of the molecule is COc1ccc(C2CC(c3ccc4ccccc4c3)=NN2C(=O)COC(=O)/C=C/c2cn(-c3ccccc3)nc2-c2cc3ccccc3oc2=O)cc1. The Morgan fingerprint density at radius 2 is 1.58 bits per heavy atom. The Hall–Kier alpha value is -7.07. The number of methoxy groups -OCH3 is 1. The summed E-state index contributed by atoms with van der Waals surface area (Å²) in [6, 6.07) is 39.5. The number of aromatic nitrogens is 2. The standard InChI is InChI=1S/C43H32N4O6/c1-51-35-20-17-29(18-21-35)38-25-37(31-16-15-28-9-5-6-10-30(28)23-31)44-47(38)40(48)27-52-41(49)22-19-33-26-46(34-12-3-2-4-13-34)45-42(33)36-24-32-11-7-8-14-39(32)53-43(36)50/h2-24,26,38H,25,27H2,1H3/b22-19+. The summed E-state index contributed by atoms with van der Waals surface area (Å²) >= 11 is 0. The molecule has 53 heavy (non-hydrogen) atoms. The molecule has 7 aromatic rings. The summed E-state index contributed by atoms with van der Waals surface area (Å²) in [6.45, 7) is -0.533. The van der Waals surface area contributed by atoms with Crippen molar-refractivity contribution < 1.29 is 23.5 Å². The van der Waals surface area contributed by atoms with E-state index in [1.165, 1.54) is 17.2 Å².